The molecule has 1 aromatic heterocycles. The molecule has 1 aliphatic heterocycles. The van der Waals surface area contributed by atoms with Crippen molar-refractivity contribution < 1.29 is 4.79 Å². The summed E-state index contributed by atoms with van der Waals surface area (Å²) in [5, 5.41) is 0. The van der Waals surface area contributed by atoms with Crippen LogP contribution < -0.4 is 0 Å². The highest BCUT2D eigenvalue weighted by atomic mass is 16.2. The third-order valence-electron chi connectivity index (χ3n) is 3.90. The first-order valence-corrected chi connectivity index (χ1v) is 6.40. The van der Waals surface area contributed by atoms with Crippen LogP contribution in [0.4, 0.5) is 0 Å². The van der Waals surface area contributed by atoms with E-state index in [4.69, 9.17) is 0 Å². The zero-order valence-electron chi connectivity index (χ0n) is 9.88. The Labute approximate surface area is 101 Å². The molecular formula is C13H17N3O. The van der Waals surface area contributed by atoms with Gasteiger partial charge in [-0.15, -0.1) is 0 Å². The first-order valence-electron chi connectivity index (χ1n) is 6.40. The Kier molecular flexibility index (Phi) is 2.79. The number of carbonyl (C=O) groups excluding carboxylic acids is 1. The number of carbonyl (C=O) groups is 1. The van der Waals surface area contributed by atoms with Gasteiger partial charge < -0.3 is 4.90 Å². The second kappa shape index (κ2) is 4.43. The van der Waals surface area contributed by atoms with Gasteiger partial charge in [-0.05, 0) is 37.5 Å². The van der Waals surface area contributed by atoms with E-state index in [0.29, 0.717) is 5.69 Å². The second-order valence-electron chi connectivity index (χ2n) is 5.06. The summed E-state index contributed by atoms with van der Waals surface area (Å²) >= 11 is 0. The number of likely N-dealkylation sites (tertiary alicyclic amines) is 1. The summed E-state index contributed by atoms with van der Waals surface area (Å²) in [5.41, 5.74) is 0.470. The van der Waals surface area contributed by atoms with Gasteiger partial charge in [0.2, 0.25) is 0 Å². The summed E-state index contributed by atoms with van der Waals surface area (Å²) in [6.45, 7) is 1.77. The van der Waals surface area contributed by atoms with Crippen molar-refractivity contribution in [2.45, 2.75) is 25.7 Å². The van der Waals surface area contributed by atoms with E-state index in [0.717, 1.165) is 37.8 Å². The zero-order chi connectivity index (χ0) is 11.7. The van der Waals surface area contributed by atoms with E-state index in [1.54, 1.807) is 18.6 Å². The quantitative estimate of drug-likeness (QED) is 0.778. The fourth-order valence-corrected chi connectivity index (χ4v) is 2.71. The lowest BCUT2D eigenvalue weighted by Gasteiger charge is -2.31. The summed E-state index contributed by atoms with van der Waals surface area (Å²) in [6.07, 6.45) is 9.86. The molecule has 0 unspecified atom stereocenters. The Balaban J connectivity index is 1.60. The predicted octanol–water partition coefficient (Wildman–Crippen LogP) is 1.74. The molecule has 0 radical (unpaired) electrons. The molecule has 4 nitrogen and oxygen atoms in total. The molecule has 0 aromatic carbocycles. The molecule has 1 saturated carbocycles. The molecule has 0 N–H and O–H groups in total. The van der Waals surface area contributed by atoms with E-state index in [2.05, 4.69) is 9.97 Å². The van der Waals surface area contributed by atoms with Crippen molar-refractivity contribution in [3.05, 3.63) is 24.3 Å². The third kappa shape index (κ3) is 2.30. The van der Waals surface area contributed by atoms with E-state index < -0.39 is 0 Å². The lowest BCUT2D eigenvalue weighted by Crippen LogP contribution is -2.39. The molecule has 17 heavy (non-hydrogen) atoms. The zero-order valence-corrected chi connectivity index (χ0v) is 9.88. The normalized spacial score (nSPS) is 21.5. The highest BCUT2D eigenvalue weighted by Crippen LogP contribution is 2.41. The molecule has 2 heterocycles. The minimum absolute atomic E-state index is 0.0346. The number of rotatable bonds is 2. The number of nitrogens with zero attached hydrogens (tertiary/aromatic N) is 3. The second-order valence-corrected chi connectivity index (χ2v) is 5.06. The average Bonchev–Trinajstić information content (AvgIpc) is 3.24. The number of amides is 1. The number of piperidine rings is 1. The van der Waals surface area contributed by atoms with Crippen molar-refractivity contribution in [3.8, 4) is 0 Å². The molecule has 2 fully saturated rings. The molecule has 90 valence electrons. The van der Waals surface area contributed by atoms with Gasteiger partial charge in [0, 0.05) is 25.5 Å². The average molecular weight is 231 g/mol. The minimum atomic E-state index is 0.0346. The summed E-state index contributed by atoms with van der Waals surface area (Å²) < 4.78 is 0. The molecule has 3 rings (SSSR count). The Morgan fingerprint density at radius 2 is 1.82 bits per heavy atom. The van der Waals surface area contributed by atoms with Gasteiger partial charge in [-0.25, -0.2) is 4.98 Å². The van der Waals surface area contributed by atoms with Crippen molar-refractivity contribution in [2.75, 3.05) is 13.1 Å². The van der Waals surface area contributed by atoms with Crippen LogP contribution in [0, 0.1) is 11.8 Å². The van der Waals surface area contributed by atoms with Crippen LogP contribution in [0.25, 0.3) is 0 Å². The fourth-order valence-electron chi connectivity index (χ4n) is 2.71. The first kappa shape index (κ1) is 10.7. The van der Waals surface area contributed by atoms with Crippen LogP contribution >= 0.6 is 0 Å². The molecule has 2 aliphatic rings. The number of hydrogen-bond donors (Lipinski definition) is 0. The number of hydrogen-bond acceptors (Lipinski definition) is 3. The van der Waals surface area contributed by atoms with Gasteiger partial charge >= 0.3 is 0 Å². The monoisotopic (exact) mass is 231 g/mol. The standard InChI is InChI=1S/C13H17N3O/c17-13(12-9-14-5-6-15-12)16-7-3-11(4-8-16)10-1-2-10/h5-6,9-11H,1-4,7-8H2. The van der Waals surface area contributed by atoms with Crippen molar-refractivity contribution in [2.24, 2.45) is 11.8 Å². The van der Waals surface area contributed by atoms with Crippen LogP contribution in [0.15, 0.2) is 18.6 Å². The molecular weight excluding hydrogens is 214 g/mol. The van der Waals surface area contributed by atoms with Crippen LogP contribution in [-0.4, -0.2) is 33.9 Å². The smallest absolute Gasteiger partial charge is 0.274 e. The summed E-state index contributed by atoms with van der Waals surface area (Å²) in [7, 11) is 0. The van der Waals surface area contributed by atoms with Crippen molar-refractivity contribution in [1.82, 2.24) is 14.9 Å². The Morgan fingerprint density at radius 1 is 1.12 bits per heavy atom. The molecule has 0 bridgehead atoms. The van der Waals surface area contributed by atoms with Gasteiger partial charge in [0.1, 0.15) is 5.69 Å². The van der Waals surface area contributed by atoms with Gasteiger partial charge in [-0.3, -0.25) is 9.78 Å². The topological polar surface area (TPSA) is 46.1 Å². The lowest BCUT2D eigenvalue weighted by atomic mass is 9.92. The largest absolute Gasteiger partial charge is 0.337 e. The number of aromatic nitrogens is 2. The van der Waals surface area contributed by atoms with Gasteiger partial charge in [0.25, 0.3) is 5.91 Å². The summed E-state index contributed by atoms with van der Waals surface area (Å²) in [5.74, 6) is 1.86. The summed E-state index contributed by atoms with van der Waals surface area (Å²) in [6, 6.07) is 0. The lowest BCUT2D eigenvalue weighted by molar-refractivity contribution is 0.0674. The highest BCUT2D eigenvalue weighted by Gasteiger charge is 2.34. The van der Waals surface area contributed by atoms with E-state index in [9.17, 15) is 4.79 Å². The van der Waals surface area contributed by atoms with Gasteiger partial charge in [0.05, 0.1) is 6.20 Å². The SMILES string of the molecule is O=C(c1cnccn1)N1CCC(C2CC2)CC1. The predicted molar refractivity (Wildman–Crippen MR) is 63.4 cm³/mol. The van der Waals surface area contributed by atoms with Crippen molar-refractivity contribution in [1.29, 1.82) is 0 Å². The van der Waals surface area contributed by atoms with E-state index in [1.807, 2.05) is 4.90 Å². The maximum Gasteiger partial charge on any atom is 0.274 e. The van der Waals surface area contributed by atoms with E-state index >= 15 is 0 Å². The van der Waals surface area contributed by atoms with Crippen molar-refractivity contribution >= 4 is 5.91 Å². The molecule has 1 aromatic rings. The maximum atomic E-state index is 12.1. The molecule has 0 atom stereocenters. The van der Waals surface area contributed by atoms with Crippen LogP contribution in [0.5, 0.6) is 0 Å². The van der Waals surface area contributed by atoms with E-state index in [-0.39, 0.29) is 5.91 Å². The maximum absolute atomic E-state index is 12.1. The highest BCUT2D eigenvalue weighted by molar-refractivity contribution is 5.91. The van der Waals surface area contributed by atoms with Crippen molar-refractivity contribution in [3.63, 3.8) is 0 Å². The van der Waals surface area contributed by atoms with Gasteiger partial charge in [-0.1, -0.05) is 0 Å². The van der Waals surface area contributed by atoms with Gasteiger partial charge in [0.15, 0.2) is 0 Å². The fraction of sp³-hybridized carbons (Fsp3) is 0.615. The Hall–Kier alpha value is -1.45. The van der Waals surface area contributed by atoms with Crippen LogP contribution in [0.1, 0.15) is 36.2 Å². The molecule has 1 amide bonds. The molecule has 4 heteroatoms. The van der Waals surface area contributed by atoms with E-state index in [1.165, 1.54) is 12.8 Å². The Bertz CT molecular complexity index is 394. The van der Waals surface area contributed by atoms with Gasteiger partial charge in [-0.2, -0.15) is 0 Å². The molecule has 1 saturated heterocycles. The van der Waals surface area contributed by atoms with Crippen LogP contribution in [0.3, 0.4) is 0 Å². The summed E-state index contributed by atoms with van der Waals surface area (Å²) in [4.78, 5) is 22.0. The third-order valence-corrected chi connectivity index (χ3v) is 3.90. The first-order chi connectivity index (χ1) is 8.34. The minimum Gasteiger partial charge on any atom is -0.337 e. The molecule has 0 spiro atoms. The van der Waals surface area contributed by atoms with Crippen LogP contribution in [-0.2, 0) is 0 Å². The molecule has 1 aliphatic carbocycles. The Morgan fingerprint density at radius 3 is 2.41 bits per heavy atom. The van der Waals surface area contributed by atoms with Crippen LogP contribution in [0.2, 0.25) is 0 Å².